The van der Waals surface area contributed by atoms with Crippen LogP contribution in [0, 0.1) is 23.3 Å². The molecule has 0 aromatic heterocycles. The summed E-state index contributed by atoms with van der Waals surface area (Å²) in [5.74, 6) is -9.20. The molecule has 0 spiro atoms. The molecule has 23 heavy (non-hydrogen) atoms. The zero-order valence-corrected chi connectivity index (χ0v) is 12.3. The van der Waals surface area contributed by atoms with Gasteiger partial charge in [-0.2, -0.15) is 8.78 Å². The van der Waals surface area contributed by atoms with Crippen LogP contribution >= 0.6 is 0 Å². The van der Waals surface area contributed by atoms with E-state index in [0.29, 0.717) is 6.42 Å². The second kappa shape index (κ2) is 8.96. The van der Waals surface area contributed by atoms with Crippen molar-refractivity contribution < 1.29 is 36.6 Å². The van der Waals surface area contributed by atoms with E-state index in [2.05, 4.69) is 14.8 Å². The van der Waals surface area contributed by atoms with Gasteiger partial charge in [-0.15, -0.1) is 0 Å². The van der Waals surface area contributed by atoms with E-state index in [0.717, 1.165) is 0 Å². The number of carbonyl (C=O) groups excluding carboxylic acids is 2. The topological polar surface area (TPSA) is 64.6 Å². The highest BCUT2D eigenvalue weighted by Gasteiger charge is 2.21. The zero-order valence-electron chi connectivity index (χ0n) is 12.3. The second-order valence-electron chi connectivity index (χ2n) is 4.34. The minimum atomic E-state index is -1.72. The van der Waals surface area contributed by atoms with Crippen LogP contribution in [0.1, 0.15) is 19.8 Å². The average molecular weight is 337 g/mol. The zero-order chi connectivity index (χ0) is 17.4. The van der Waals surface area contributed by atoms with E-state index >= 15 is 0 Å². The number of esters is 1. The van der Waals surface area contributed by atoms with Gasteiger partial charge in [0.25, 0.3) is 5.91 Å². The number of hydrogen-bond acceptors (Lipinski definition) is 4. The summed E-state index contributed by atoms with van der Waals surface area (Å²) in [4.78, 5) is 22.4. The van der Waals surface area contributed by atoms with E-state index in [-0.39, 0.29) is 25.6 Å². The molecule has 0 radical (unpaired) electrons. The number of benzene rings is 1. The fraction of sp³-hybridized carbons (Fsp3) is 0.429. The molecule has 0 aliphatic carbocycles. The molecule has 0 bridgehead atoms. The molecule has 128 valence electrons. The Balaban J connectivity index is 2.41. The Kier molecular flexibility index (Phi) is 7.30. The van der Waals surface area contributed by atoms with Crippen LogP contribution in [-0.2, 0) is 14.3 Å². The fourth-order valence-corrected chi connectivity index (χ4v) is 1.56. The van der Waals surface area contributed by atoms with Gasteiger partial charge < -0.3 is 14.8 Å². The number of halogens is 4. The van der Waals surface area contributed by atoms with Crippen molar-refractivity contribution in [2.45, 2.75) is 19.8 Å². The molecule has 0 aliphatic rings. The highest BCUT2D eigenvalue weighted by Crippen LogP contribution is 2.26. The fourth-order valence-electron chi connectivity index (χ4n) is 1.56. The van der Waals surface area contributed by atoms with E-state index < -0.39 is 47.5 Å². The minimum absolute atomic E-state index is 0.0347. The predicted octanol–water partition coefficient (Wildman–Crippen LogP) is 2.08. The van der Waals surface area contributed by atoms with Crippen molar-refractivity contribution in [1.82, 2.24) is 5.32 Å². The van der Waals surface area contributed by atoms with Gasteiger partial charge in [0.2, 0.25) is 11.6 Å². The summed E-state index contributed by atoms with van der Waals surface area (Å²) in [5.41, 5.74) is 0. The molecule has 5 nitrogen and oxygen atoms in total. The van der Waals surface area contributed by atoms with Gasteiger partial charge in [-0.3, -0.25) is 9.59 Å². The maximum Gasteiger partial charge on any atom is 0.305 e. The average Bonchev–Trinajstić information content (AvgIpc) is 2.50. The molecule has 0 atom stereocenters. The highest BCUT2D eigenvalue weighted by molar-refractivity contribution is 5.77. The van der Waals surface area contributed by atoms with Gasteiger partial charge in [0.15, 0.2) is 24.0 Å². The highest BCUT2D eigenvalue weighted by atomic mass is 19.2. The Labute approximate surface area is 129 Å². The molecule has 1 rings (SSSR count). The normalized spacial score (nSPS) is 10.3. The van der Waals surface area contributed by atoms with E-state index in [9.17, 15) is 27.2 Å². The first-order valence-electron chi connectivity index (χ1n) is 6.74. The largest absolute Gasteiger partial charge is 0.477 e. The molecule has 0 fully saturated rings. The van der Waals surface area contributed by atoms with Crippen molar-refractivity contribution in [2.75, 3.05) is 19.8 Å². The van der Waals surface area contributed by atoms with E-state index in [1.54, 1.807) is 6.92 Å². The molecule has 1 N–H and O–H groups in total. The van der Waals surface area contributed by atoms with Crippen LogP contribution in [0.2, 0.25) is 0 Å². The van der Waals surface area contributed by atoms with Gasteiger partial charge in [-0.05, 0) is 13.3 Å². The van der Waals surface area contributed by atoms with Crippen molar-refractivity contribution in [3.8, 4) is 5.75 Å². The van der Waals surface area contributed by atoms with Crippen LogP contribution in [0.3, 0.4) is 0 Å². The number of ether oxygens (including phenoxy) is 2. The van der Waals surface area contributed by atoms with Gasteiger partial charge in [0.1, 0.15) is 0 Å². The number of carbonyl (C=O) groups is 2. The molecule has 1 aromatic rings. The molecule has 0 saturated heterocycles. The molecule has 1 amide bonds. The van der Waals surface area contributed by atoms with Crippen LogP contribution in [0.25, 0.3) is 0 Å². The Morgan fingerprint density at radius 2 is 1.74 bits per heavy atom. The summed E-state index contributed by atoms with van der Waals surface area (Å²) < 4.78 is 61.5. The van der Waals surface area contributed by atoms with E-state index in [4.69, 9.17) is 0 Å². The third-order valence-corrected chi connectivity index (χ3v) is 2.60. The summed E-state index contributed by atoms with van der Waals surface area (Å²) in [5, 5.41) is 2.31. The Hall–Kier alpha value is -2.32. The minimum Gasteiger partial charge on any atom is -0.477 e. The molecule has 0 heterocycles. The Bertz CT molecular complexity index is 554. The molecule has 0 aliphatic heterocycles. The molecule has 1 aromatic carbocycles. The lowest BCUT2D eigenvalue weighted by Crippen LogP contribution is -2.30. The van der Waals surface area contributed by atoms with Crippen LogP contribution in [-0.4, -0.2) is 31.6 Å². The first kappa shape index (κ1) is 18.7. The van der Waals surface area contributed by atoms with Crippen molar-refractivity contribution in [1.29, 1.82) is 0 Å². The lowest BCUT2D eigenvalue weighted by Gasteiger charge is -2.09. The first-order valence-corrected chi connectivity index (χ1v) is 6.74. The second-order valence-corrected chi connectivity index (χ2v) is 4.34. The summed E-state index contributed by atoms with van der Waals surface area (Å²) in [6, 6.07) is 0.0347. The Morgan fingerprint density at radius 3 is 2.30 bits per heavy atom. The maximum absolute atomic E-state index is 13.3. The van der Waals surface area contributed by atoms with E-state index in [1.165, 1.54) is 0 Å². The monoisotopic (exact) mass is 337 g/mol. The smallest absolute Gasteiger partial charge is 0.305 e. The third-order valence-electron chi connectivity index (χ3n) is 2.60. The SMILES string of the molecule is CCOC(=O)CCCNC(=O)COc1c(F)c(F)cc(F)c1F. The number of rotatable bonds is 8. The first-order chi connectivity index (χ1) is 10.9. The molecule has 0 saturated carbocycles. The van der Waals surface area contributed by atoms with Crippen LogP contribution in [0.5, 0.6) is 5.75 Å². The summed E-state index contributed by atoms with van der Waals surface area (Å²) in [7, 11) is 0. The van der Waals surface area contributed by atoms with E-state index in [1.807, 2.05) is 0 Å². The third kappa shape index (κ3) is 5.76. The van der Waals surface area contributed by atoms with Gasteiger partial charge >= 0.3 is 5.97 Å². The van der Waals surface area contributed by atoms with Crippen molar-refractivity contribution in [3.63, 3.8) is 0 Å². The predicted molar refractivity (Wildman–Crippen MR) is 70.6 cm³/mol. The summed E-state index contributed by atoms with van der Waals surface area (Å²) in [6.45, 7) is 1.17. The molecular weight excluding hydrogens is 322 g/mol. The quantitative estimate of drug-likeness (QED) is 0.341. The Morgan fingerprint density at radius 1 is 1.13 bits per heavy atom. The van der Waals surface area contributed by atoms with Crippen LogP contribution in [0.4, 0.5) is 17.6 Å². The van der Waals surface area contributed by atoms with Gasteiger partial charge in [0, 0.05) is 19.0 Å². The van der Waals surface area contributed by atoms with Crippen LogP contribution < -0.4 is 10.1 Å². The standard InChI is InChI=1S/C14H15F4NO4/c1-2-22-11(21)4-3-5-19-10(20)7-23-14-12(17)8(15)6-9(16)13(14)18/h6H,2-5,7H2,1H3,(H,19,20). The number of amides is 1. The van der Waals surface area contributed by atoms with Gasteiger partial charge in [-0.1, -0.05) is 0 Å². The molecule has 9 heteroatoms. The van der Waals surface area contributed by atoms with Crippen molar-refractivity contribution in [2.24, 2.45) is 0 Å². The van der Waals surface area contributed by atoms with Crippen molar-refractivity contribution in [3.05, 3.63) is 29.3 Å². The maximum atomic E-state index is 13.3. The number of hydrogen-bond donors (Lipinski definition) is 1. The molecule has 0 unspecified atom stereocenters. The lowest BCUT2D eigenvalue weighted by atomic mass is 10.3. The van der Waals surface area contributed by atoms with Gasteiger partial charge in [0.05, 0.1) is 6.61 Å². The summed E-state index contributed by atoms with van der Waals surface area (Å²) >= 11 is 0. The number of nitrogens with one attached hydrogen (secondary N) is 1. The van der Waals surface area contributed by atoms with Crippen LogP contribution in [0.15, 0.2) is 6.07 Å². The van der Waals surface area contributed by atoms with Crippen molar-refractivity contribution >= 4 is 11.9 Å². The summed E-state index contributed by atoms with van der Waals surface area (Å²) in [6.07, 6.45) is 0.384. The van der Waals surface area contributed by atoms with Gasteiger partial charge in [-0.25, -0.2) is 8.78 Å². The molecular formula is C14H15F4NO4. The lowest BCUT2D eigenvalue weighted by molar-refractivity contribution is -0.143.